The van der Waals surface area contributed by atoms with E-state index in [-0.39, 0.29) is 18.2 Å². The fourth-order valence-corrected chi connectivity index (χ4v) is 5.54. The quantitative estimate of drug-likeness (QED) is 0.671. The van der Waals surface area contributed by atoms with Crippen molar-refractivity contribution in [1.29, 1.82) is 0 Å². The molecule has 176 valence electrons. The molecule has 0 bridgehead atoms. The maximum atomic E-state index is 12.9. The molecule has 2 heterocycles. The van der Waals surface area contributed by atoms with Gasteiger partial charge < -0.3 is 15.4 Å². The zero-order chi connectivity index (χ0) is 23.4. The largest absolute Gasteiger partial charge is 0.479 e. The molecule has 0 unspecified atom stereocenters. The topological polar surface area (TPSA) is 105 Å². The number of nitrogens with one attached hydrogen (secondary N) is 2. The highest BCUT2D eigenvalue weighted by molar-refractivity contribution is 7.89. The molecule has 2 N–H and O–H groups in total. The number of anilines is 2. The number of aryl methyl sites for hydroxylation is 1. The first-order valence-electron chi connectivity index (χ1n) is 11.3. The minimum absolute atomic E-state index is 0.173. The molecule has 0 aliphatic carbocycles. The minimum Gasteiger partial charge on any atom is -0.479 e. The Morgan fingerprint density at radius 1 is 1.09 bits per heavy atom. The summed E-state index contributed by atoms with van der Waals surface area (Å²) in [6.07, 6.45) is 4.11. The van der Waals surface area contributed by atoms with Crippen LogP contribution in [0.5, 0.6) is 5.75 Å². The lowest BCUT2D eigenvalue weighted by molar-refractivity contribution is -0.122. The van der Waals surface area contributed by atoms with Gasteiger partial charge in [0.15, 0.2) is 6.10 Å². The summed E-state index contributed by atoms with van der Waals surface area (Å²) in [5.41, 5.74) is 1.98. The van der Waals surface area contributed by atoms with Crippen LogP contribution >= 0.6 is 0 Å². The van der Waals surface area contributed by atoms with E-state index in [2.05, 4.69) is 10.6 Å². The van der Waals surface area contributed by atoms with Gasteiger partial charge >= 0.3 is 0 Å². The Balaban J connectivity index is 1.33. The van der Waals surface area contributed by atoms with Gasteiger partial charge in [-0.2, -0.15) is 4.31 Å². The molecular weight excluding hydrogens is 442 g/mol. The monoisotopic (exact) mass is 471 g/mol. The SMILES string of the molecule is C[C@@H]1Oc2ccc(NC(=O)CCc3ccc(S(=O)(=O)N4CCCCCC4)cc3)cc2NC1=O. The number of hydrogen-bond donors (Lipinski definition) is 2. The molecule has 4 rings (SSSR count). The van der Waals surface area contributed by atoms with Crippen molar-refractivity contribution in [2.75, 3.05) is 23.7 Å². The third-order valence-corrected chi connectivity index (χ3v) is 7.87. The van der Waals surface area contributed by atoms with Gasteiger partial charge in [0.05, 0.1) is 10.6 Å². The Morgan fingerprint density at radius 2 is 1.79 bits per heavy atom. The standard InChI is InChI=1S/C24H29N3O5S/c1-17-24(29)26-21-16-19(9-12-22(21)32-17)25-23(28)13-8-18-6-10-20(11-7-18)33(30,31)27-14-4-2-3-5-15-27/h6-7,9-12,16-17H,2-5,8,13-15H2,1H3,(H,25,28)(H,26,29)/t17-/m0/s1. The summed E-state index contributed by atoms with van der Waals surface area (Å²) in [5, 5.41) is 5.58. The molecule has 1 saturated heterocycles. The van der Waals surface area contributed by atoms with Crippen molar-refractivity contribution in [3.63, 3.8) is 0 Å². The first-order chi connectivity index (χ1) is 15.8. The normalized spacial score (nSPS) is 19.1. The molecule has 0 saturated carbocycles. The minimum atomic E-state index is -3.48. The lowest BCUT2D eigenvalue weighted by atomic mass is 10.1. The van der Waals surface area contributed by atoms with Gasteiger partial charge in [-0.3, -0.25) is 9.59 Å². The van der Waals surface area contributed by atoms with Crippen molar-refractivity contribution in [2.45, 2.75) is 56.4 Å². The number of carbonyl (C=O) groups excluding carboxylic acids is 2. The smallest absolute Gasteiger partial charge is 0.265 e. The molecule has 2 aromatic rings. The third kappa shape index (κ3) is 5.54. The number of benzene rings is 2. The summed E-state index contributed by atoms with van der Waals surface area (Å²) in [6, 6.07) is 11.9. The fraction of sp³-hybridized carbons (Fsp3) is 0.417. The average molecular weight is 472 g/mol. The van der Waals surface area contributed by atoms with Crippen LogP contribution in [0.25, 0.3) is 0 Å². The predicted octanol–water partition coefficient (Wildman–Crippen LogP) is 3.54. The fourth-order valence-electron chi connectivity index (χ4n) is 4.03. The summed E-state index contributed by atoms with van der Waals surface area (Å²) < 4.78 is 32.9. The summed E-state index contributed by atoms with van der Waals surface area (Å²) in [4.78, 5) is 24.5. The molecule has 0 spiro atoms. The second-order valence-electron chi connectivity index (χ2n) is 8.47. The molecule has 1 atom stereocenters. The van der Waals surface area contributed by atoms with E-state index in [1.165, 1.54) is 0 Å². The van der Waals surface area contributed by atoms with Crippen LogP contribution in [-0.4, -0.2) is 43.7 Å². The summed E-state index contributed by atoms with van der Waals surface area (Å²) in [5.74, 6) is 0.162. The highest BCUT2D eigenvalue weighted by Crippen LogP contribution is 2.32. The molecule has 2 aromatic carbocycles. The van der Waals surface area contributed by atoms with E-state index < -0.39 is 16.1 Å². The summed E-state index contributed by atoms with van der Waals surface area (Å²) in [6.45, 7) is 2.81. The second-order valence-corrected chi connectivity index (χ2v) is 10.4. The van der Waals surface area contributed by atoms with E-state index in [0.29, 0.717) is 41.5 Å². The molecule has 9 heteroatoms. The van der Waals surface area contributed by atoms with Crippen molar-refractivity contribution in [3.8, 4) is 5.75 Å². The van der Waals surface area contributed by atoms with Crippen LogP contribution < -0.4 is 15.4 Å². The number of nitrogens with zero attached hydrogens (tertiary/aromatic N) is 1. The molecule has 8 nitrogen and oxygen atoms in total. The highest BCUT2D eigenvalue weighted by Gasteiger charge is 2.25. The van der Waals surface area contributed by atoms with Crippen LogP contribution in [0.2, 0.25) is 0 Å². The summed E-state index contributed by atoms with van der Waals surface area (Å²) in [7, 11) is -3.48. The van der Waals surface area contributed by atoms with Gasteiger partial charge in [0.25, 0.3) is 5.91 Å². The van der Waals surface area contributed by atoms with Crippen molar-refractivity contribution in [1.82, 2.24) is 4.31 Å². The lowest BCUT2D eigenvalue weighted by Crippen LogP contribution is -2.34. The molecule has 2 aliphatic rings. The van der Waals surface area contributed by atoms with E-state index in [9.17, 15) is 18.0 Å². The van der Waals surface area contributed by atoms with Crippen LogP contribution in [0.4, 0.5) is 11.4 Å². The van der Waals surface area contributed by atoms with Crippen LogP contribution in [0.15, 0.2) is 47.4 Å². The van der Waals surface area contributed by atoms with Gasteiger partial charge in [0, 0.05) is 25.2 Å². The average Bonchev–Trinajstić information content (AvgIpc) is 3.09. The molecule has 0 radical (unpaired) electrons. The van der Waals surface area contributed by atoms with Gasteiger partial charge in [-0.1, -0.05) is 25.0 Å². The first-order valence-corrected chi connectivity index (χ1v) is 12.8. The van der Waals surface area contributed by atoms with Crippen LogP contribution in [-0.2, 0) is 26.0 Å². The van der Waals surface area contributed by atoms with Crippen molar-refractivity contribution >= 4 is 33.2 Å². The van der Waals surface area contributed by atoms with Crippen LogP contribution in [0.3, 0.4) is 0 Å². The summed E-state index contributed by atoms with van der Waals surface area (Å²) >= 11 is 0. The van der Waals surface area contributed by atoms with Crippen LogP contribution in [0, 0.1) is 0 Å². The molecule has 33 heavy (non-hydrogen) atoms. The Morgan fingerprint density at radius 3 is 2.48 bits per heavy atom. The van der Waals surface area contributed by atoms with Crippen molar-refractivity contribution < 1.29 is 22.7 Å². The second kappa shape index (κ2) is 9.93. The number of sulfonamides is 1. The molecular formula is C24H29N3O5S. The number of fused-ring (bicyclic) bond motifs is 1. The predicted molar refractivity (Wildman–Crippen MR) is 126 cm³/mol. The van der Waals surface area contributed by atoms with Gasteiger partial charge in [0.2, 0.25) is 15.9 Å². The zero-order valence-electron chi connectivity index (χ0n) is 18.7. The van der Waals surface area contributed by atoms with E-state index in [1.54, 1.807) is 53.7 Å². The van der Waals surface area contributed by atoms with E-state index >= 15 is 0 Å². The third-order valence-electron chi connectivity index (χ3n) is 5.96. The number of ether oxygens (including phenoxy) is 1. The number of carbonyl (C=O) groups is 2. The molecule has 2 amide bonds. The Hall–Kier alpha value is -2.91. The zero-order valence-corrected chi connectivity index (χ0v) is 19.5. The van der Waals surface area contributed by atoms with Gasteiger partial charge in [-0.25, -0.2) is 8.42 Å². The number of amides is 2. The lowest BCUT2D eigenvalue weighted by Gasteiger charge is -2.23. The van der Waals surface area contributed by atoms with E-state index in [4.69, 9.17) is 4.74 Å². The van der Waals surface area contributed by atoms with Crippen LogP contribution in [0.1, 0.15) is 44.6 Å². The Kier molecular flexibility index (Phi) is 6.99. The van der Waals surface area contributed by atoms with Gasteiger partial charge in [0.1, 0.15) is 5.75 Å². The Labute approximate surface area is 194 Å². The van der Waals surface area contributed by atoms with Gasteiger partial charge in [-0.05, 0) is 62.1 Å². The molecule has 0 aromatic heterocycles. The molecule has 2 aliphatic heterocycles. The number of rotatable bonds is 6. The van der Waals surface area contributed by atoms with Crippen molar-refractivity contribution in [2.24, 2.45) is 0 Å². The number of hydrogen-bond acceptors (Lipinski definition) is 5. The van der Waals surface area contributed by atoms with E-state index in [1.807, 2.05) is 0 Å². The van der Waals surface area contributed by atoms with E-state index in [0.717, 1.165) is 31.2 Å². The first kappa shape index (κ1) is 23.3. The van der Waals surface area contributed by atoms with Gasteiger partial charge in [-0.15, -0.1) is 0 Å². The highest BCUT2D eigenvalue weighted by atomic mass is 32.2. The maximum absolute atomic E-state index is 12.9. The maximum Gasteiger partial charge on any atom is 0.265 e. The van der Waals surface area contributed by atoms with Crippen molar-refractivity contribution in [3.05, 3.63) is 48.0 Å². The Bertz CT molecular complexity index is 1120. The molecule has 1 fully saturated rings.